The van der Waals surface area contributed by atoms with Gasteiger partial charge in [0.15, 0.2) is 0 Å². The summed E-state index contributed by atoms with van der Waals surface area (Å²) in [6.07, 6.45) is 0. The first-order chi connectivity index (χ1) is 10.9. The van der Waals surface area contributed by atoms with Crippen molar-refractivity contribution in [2.24, 2.45) is 0 Å². The molecular formula is C18H15NO4. The maximum Gasteiger partial charge on any atom is 0.344 e. The van der Waals surface area contributed by atoms with Crippen molar-refractivity contribution in [2.45, 2.75) is 20.8 Å². The molecule has 1 aliphatic heterocycles. The Labute approximate surface area is 133 Å². The third-order valence-corrected chi connectivity index (χ3v) is 4.08. The molecule has 23 heavy (non-hydrogen) atoms. The number of nitro groups is 1. The predicted molar refractivity (Wildman–Crippen MR) is 86.3 cm³/mol. The Bertz CT molecular complexity index is 881. The van der Waals surface area contributed by atoms with Gasteiger partial charge >= 0.3 is 11.7 Å². The summed E-state index contributed by atoms with van der Waals surface area (Å²) in [5, 5.41) is 11.7. The van der Waals surface area contributed by atoms with E-state index in [1.54, 1.807) is 30.3 Å². The summed E-state index contributed by atoms with van der Waals surface area (Å²) >= 11 is 0. The van der Waals surface area contributed by atoms with Crippen LogP contribution in [0.4, 0.5) is 0 Å². The van der Waals surface area contributed by atoms with Gasteiger partial charge in [-0.1, -0.05) is 24.3 Å². The van der Waals surface area contributed by atoms with Crippen molar-refractivity contribution in [3.8, 4) is 0 Å². The summed E-state index contributed by atoms with van der Waals surface area (Å²) < 4.78 is 5.23. The lowest BCUT2D eigenvalue weighted by atomic mass is 9.97. The SMILES string of the molecule is Cc1cc(C)c(C(=C2OC(=O)c3ccccc32)[N+](=O)[O-])cc1C. The summed E-state index contributed by atoms with van der Waals surface area (Å²) in [4.78, 5) is 23.2. The lowest BCUT2D eigenvalue weighted by Gasteiger charge is -2.09. The molecule has 5 nitrogen and oxygen atoms in total. The number of nitrogens with zero attached hydrogens (tertiary/aromatic N) is 1. The largest absolute Gasteiger partial charge is 0.415 e. The quantitative estimate of drug-likeness (QED) is 0.479. The first kappa shape index (κ1) is 15.0. The zero-order chi connectivity index (χ0) is 16.7. The second kappa shape index (κ2) is 5.35. The molecule has 0 saturated carbocycles. The molecule has 0 spiro atoms. The fraction of sp³-hybridized carbons (Fsp3) is 0.167. The molecule has 3 rings (SSSR count). The van der Waals surface area contributed by atoms with E-state index in [1.807, 2.05) is 26.8 Å². The molecule has 116 valence electrons. The predicted octanol–water partition coefficient (Wildman–Crippen LogP) is 3.88. The first-order valence-corrected chi connectivity index (χ1v) is 7.18. The Kier molecular flexibility index (Phi) is 3.48. The lowest BCUT2D eigenvalue weighted by molar-refractivity contribution is -0.375. The summed E-state index contributed by atoms with van der Waals surface area (Å²) in [6.45, 7) is 5.67. The van der Waals surface area contributed by atoms with Gasteiger partial charge in [0.1, 0.15) is 0 Å². The van der Waals surface area contributed by atoms with Crippen molar-refractivity contribution in [3.63, 3.8) is 0 Å². The van der Waals surface area contributed by atoms with Crippen molar-refractivity contribution < 1.29 is 14.5 Å². The van der Waals surface area contributed by atoms with Gasteiger partial charge < -0.3 is 4.74 Å². The van der Waals surface area contributed by atoms with Crippen LogP contribution < -0.4 is 0 Å². The van der Waals surface area contributed by atoms with Gasteiger partial charge in [-0.15, -0.1) is 0 Å². The number of fused-ring (bicyclic) bond motifs is 1. The average Bonchev–Trinajstić information content (AvgIpc) is 2.82. The standard InChI is InChI=1S/C18H15NO4/c1-10-8-12(3)15(9-11(10)2)16(19(21)22)17-13-6-4-5-7-14(13)18(20)23-17/h4-9H,1-3H3. The van der Waals surface area contributed by atoms with Crippen LogP contribution in [0, 0.1) is 30.9 Å². The molecule has 1 aliphatic rings. The topological polar surface area (TPSA) is 69.4 Å². The number of benzene rings is 2. The molecule has 0 radical (unpaired) electrons. The summed E-state index contributed by atoms with van der Waals surface area (Å²) in [5.74, 6) is -0.543. The molecular weight excluding hydrogens is 294 g/mol. The van der Waals surface area contributed by atoms with E-state index in [0.717, 1.165) is 16.7 Å². The maximum absolute atomic E-state index is 12.0. The van der Waals surface area contributed by atoms with Gasteiger partial charge in [0.25, 0.3) is 0 Å². The lowest BCUT2D eigenvalue weighted by Crippen LogP contribution is -2.05. The first-order valence-electron chi connectivity index (χ1n) is 7.18. The highest BCUT2D eigenvalue weighted by atomic mass is 16.6. The number of rotatable bonds is 2. The molecule has 2 aromatic carbocycles. The fourth-order valence-corrected chi connectivity index (χ4v) is 2.76. The Morgan fingerprint density at radius 2 is 1.61 bits per heavy atom. The van der Waals surface area contributed by atoms with E-state index in [9.17, 15) is 14.9 Å². The highest BCUT2D eigenvalue weighted by molar-refractivity contribution is 6.07. The van der Waals surface area contributed by atoms with Crippen LogP contribution in [0.5, 0.6) is 0 Å². The molecule has 0 amide bonds. The number of hydrogen-bond donors (Lipinski definition) is 0. The second-order valence-corrected chi connectivity index (χ2v) is 5.62. The van der Waals surface area contributed by atoms with E-state index in [-0.39, 0.29) is 11.5 Å². The Morgan fingerprint density at radius 1 is 1.00 bits per heavy atom. The zero-order valence-electron chi connectivity index (χ0n) is 13.0. The van der Waals surface area contributed by atoms with Crippen molar-refractivity contribution in [2.75, 3.05) is 0 Å². The molecule has 0 aliphatic carbocycles. The molecule has 0 N–H and O–H groups in total. The van der Waals surface area contributed by atoms with Gasteiger partial charge in [0.05, 0.1) is 16.1 Å². The monoisotopic (exact) mass is 309 g/mol. The molecule has 1 heterocycles. The molecule has 0 fully saturated rings. The highest BCUT2D eigenvalue weighted by Gasteiger charge is 2.35. The molecule has 0 saturated heterocycles. The van der Waals surface area contributed by atoms with E-state index in [4.69, 9.17) is 4.74 Å². The van der Waals surface area contributed by atoms with Gasteiger partial charge in [-0.25, -0.2) is 4.79 Å². The maximum atomic E-state index is 12.0. The summed E-state index contributed by atoms with van der Waals surface area (Å²) in [5.41, 5.74) is 3.88. The van der Waals surface area contributed by atoms with Crippen LogP contribution in [0.1, 0.15) is 38.2 Å². The summed E-state index contributed by atoms with van der Waals surface area (Å²) in [7, 11) is 0. The molecule has 2 aromatic rings. The Balaban J connectivity index is 2.32. The van der Waals surface area contributed by atoms with Gasteiger partial charge in [-0.05, 0) is 49.6 Å². The van der Waals surface area contributed by atoms with Crippen molar-refractivity contribution in [3.05, 3.63) is 79.9 Å². The van der Waals surface area contributed by atoms with Crippen LogP contribution in [0.2, 0.25) is 0 Å². The smallest absolute Gasteiger partial charge is 0.344 e. The minimum absolute atomic E-state index is 0.0157. The van der Waals surface area contributed by atoms with Crippen LogP contribution in [0.15, 0.2) is 36.4 Å². The van der Waals surface area contributed by atoms with E-state index in [0.29, 0.717) is 16.7 Å². The number of carbonyl (C=O) groups is 1. The van der Waals surface area contributed by atoms with Crippen molar-refractivity contribution in [1.29, 1.82) is 0 Å². The second-order valence-electron chi connectivity index (χ2n) is 5.62. The number of aryl methyl sites for hydroxylation is 3. The van der Waals surface area contributed by atoms with Gasteiger partial charge in [0, 0.05) is 5.56 Å². The van der Waals surface area contributed by atoms with Crippen LogP contribution >= 0.6 is 0 Å². The molecule has 0 aromatic heterocycles. The number of ether oxygens (including phenoxy) is 1. The normalized spacial score (nSPS) is 15.2. The molecule has 0 unspecified atom stereocenters. The third-order valence-electron chi connectivity index (χ3n) is 4.08. The molecule has 5 heteroatoms. The number of carbonyl (C=O) groups excluding carboxylic acids is 1. The van der Waals surface area contributed by atoms with Crippen molar-refractivity contribution in [1.82, 2.24) is 0 Å². The van der Waals surface area contributed by atoms with E-state index in [2.05, 4.69) is 0 Å². The summed E-state index contributed by atoms with van der Waals surface area (Å²) in [6, 6.07) is 10.4. The molecule has 0 atom stereocenters. The van der Waals surface area contributed by atoms with Gasteiger partial charge in [-0.3, -0.25) is 10.1 Å². The third kappa shape index (κ3) is 2.40. The number of cyclic esters (lactones) is 1. The van der Waals surface area contributed by atoms with Crippen LogP contribution in [-0.2, 0) is 4.74 Å². The van der Waals surface area contributed by atoms with Gasteiger partial charge in [-0.2, -0.15) is 0 Å². The Morgan fingerprint density at radius 3 is 2.26 bits per heavy atom. The Hall–Kier alpha value is -2.95. The fourth-order valence-electron chi connectivity index (χ4n) is 2.76. The minimum atomic E-state index is -0.559. The van der Waals surface area contributed by atoms with Gasteiger partial charge in [0.2, 0.25) is 5.76 Å². The van der Waals surface area contributed by atoms with E-state index >= 15 is 0 Å². The van der Waals surface area contributed by atoms with Crippen LogP contribution in [-0.4, -0.2) is 10.9 Å². The number of hydrogen-bond acceptors (Lipinski definition) is 4. The molecule has 0 bridgehead atoms. The van der Waals surface area contributed by atoms with Crippen molar-refractivity contribution >= 4 is 17.4 Å². The van der Waals surface area contributed by atoms with Crippen LogP contribution in [0.25, 0.3) is 11.5 Å². The minimum Gasteiger partial charge on any atom is -0.415 e. The highest BCUT2D eigenvalue weighted by Crippen LogP contribution is 2.37. The average molecular weight is 309 g/mol. The number of esters is 1. The van der Waals surface area contributed by atoms with E-state index < -0.39 is 10.9 Å². The van der Waals surface area contributed by atoms with Crippen LogP contribution in [0.3, 0.4) is 0 Å². The van der Waals surface area contributed by atoms with E-state index in [1.165, 1.54) is 0 Å². The zero-order valence-corrected chi connectivity index (χ0v) is 13.0.